The maximum absolute atomic E-state index is 9.66. The molecule has 2 aliphatic rings. The first-order valence-corrected chi connectivity index (χ1v) is 6.86. The van der Waals surface area contributed by atoms with Crippen LogP contribution in [0.15, 0.2) is 12.7 Å². The van der Waals surface area contributed by atoms with E-state index in [4.69, 9.17) is 5.73 Å². The number of hydrogen-bond acceptors (Lipinski definition) is 6. The van der Waals surface area contributed by atoms with Crippen molar-refractivity contribution in [3.63, 3.8) is 0 Å². The first-order valence-electron chi connectivity index (χ1n) is 6.86. The highest BCUT2D eigenvalue weighted by Gasteiger charge is 2.66. The number of aliphatic hydroxyl groups is 2. The average Bonchev–Trinajstić information content (AvgIpc) is 2.90. The second-order valence-corrected chi connectivity index (χ2v) is 5.97. The summed E-state index contributed by atoms with van der Waals surface area (Å²) < 4.78 is 2.03. The van der Waals surface area contributed by atoms with Crippen LogP contribution in [0.4, 0.5) is 5.82 Å². The zero-order chi connectivity index (χ0) is 13.9. The summed E-state index contributed by atoms with van der Waals surface area (Å²) >= 11 is 0. The molecule has 4 N–H and O–H groups in total. The molecule has 7 heteroatoms. The van der Waals surface area contributed by atoms with Crippen molar-refractivity contribution in [3.8, 4) is 0 Å². The van der Waals surface area contributed by atoms with Gasteiger partial charge in [-0.25, -0.2) is 15.0 Å². The number of anilines is 1. The van der Waals surface area contributed by atoms with Crippen molar-refractivity contribution in [2.24, 2.45) is 17.3 Å². The second-order valence-electron chi connectivity index (χ2n) is 5.97. The van der Waals surface area contributed by atoms with Crippen LogP contribution in [0.25, 0.3) is 11.2 Å². The Balaban J connectivity index is 1.77. The van der Waals surface area contributed by atoms with E-state index in [0.717, 1.165) is 18.5 Å². The Morgan fingerprint density at radius 3 is 2.90 bits per heavy atom. The molecule has 0 amide bonds. The lowest BCUT2D eigenvalue weighted by atomic mass is 9.92. The Labute approximate surface area is 115 Å². The van der Waals surface area contributed by atoms with Crippen LogP contribution < -0.4 is 5.73 Å². The number of aromatic nitrogens is 4. The summed E-state index contributed by atoms with van der Waals surface area (Å²) in [5, 5.41) is 19.2. The number of aliphatic hydroxyl groups excluding tert-OH is 2. The molecule has 2 aromatic rings. The second kappa shape index (κ2) is 3.89. The first kappa shape index (κ1) is 12.0. The molecule has 2 saturated carbocycles. The highest BCUT2D eigenvalue weighted by Crippen LogP contribution is 2.70. The zero-order valence-corrected chi connectivity index (χ0v) is 11.0. The van der Waals surface area contributed by atoms with Crippen molar-refractivity contribution in [2.75, 3.05) is 18.9 Å². The fourth-order valence-electron chi connectivity index (χ4n) is 4.02. The minimum Gasteiger partial charge on any atom is -0.396 e. The Bertz CT molecular complexity index is 672. The number of rotatable bonds is 3. The molecule has 0 aliphatic heterocycles. The predicted molar refractivity (Wildman–Crippen MR) is 71.6 cm³/mol. The lowest BCUT2D eigenvalue weighted by molar-refractivity contribution is 0.112. The molecule has 2 aromatic heterocycles. The fraction of sp³-hybridized carbons (Fsp3) is 0.615. The smallest absolute Gasteiger partial charge is 0.165 e. The summed E-state index contributed by atoms with van der Waals surface area (Å²) in [6.07, 6.45) is 5.00. The molecule has 0 radical (unpaired) electrons. The molecule has 4 atom stereocenters. The highest BCUT2D eigenvalue weighted by atomic mass is 16.3. The third-order valence-corrected chi connectivity index (χ3v) is 5.24. The van der Waals surface area contributed by atoms with Crippen LogP contribution in [-0.2, 0) is 0 Å². The van der Waals surface area contributed by atoms with Gasteiger partial charge in [-0.2, -0.15) is 0 Å². The Morgan fingerprint density at radius 2 is 2.20 bits per heavy atom. The van der Waals surface area contributed by atoms with E-state index >= 15 is 0 Å². The van der Waals surface area contributed by atoms with Gasteiger partial charge in [-0.3, -0.25) is 0 Å². The van der Waals surface area contributed by atoms with E-state index < -0.39 is 0 Å². The predicted octanol–water partition coefficient (Wildman–Crippen LogP) is -0.0396. The van der Waals surface area contributed by atoms with E-state index in [0.29, 0.717) is 17.3 Å². The van der Waals surface area contributed by atoms with Crippen LogP contribution in [-0.4, -0.2) is 42.9 Å². The Hall–Kier alpha value is -1.73. The standard InChI is InChI=1S/C13H17N5O2/c14-11-10-12(16-5-15-11)18(6-17-10)9-1-7(3-19)13(4-20)2-8(9)13/h5-9,19-20H,1-4H2,(H2,14,15,16)/t7-,8-,9+,13-/m1/s1. The normalized spacial score (nSPS) is 35.4. The molecular formula is C13H17N5O2. The van der Waals surface area contributed by atoms with Crippen LogP contribution in [0.3, 0.4) is 0 Å². The Morgan fingerprint density at radius 1 is 1.35 bits per heavy atom. The molecule has 0 unspecified atom stereocenters. The third kappa shape index (κ3) is 1.34. The van der Waals surface area contributed by atoms with E-state index in [-0.39, 0.29) is 30.6 Å². The van der Waals surface area contributed by atoms with Gasteiger partial charge in [-0.1, -0.05) is 0 Å². The summed E-state index contributed by atoms with van der Waals surface area (Å²) in [6, 6.07) is 0.221. The van der Waals surface area contributed by atoms with Crippen molar-refractivity contribution in [2.45, 2.75) is 18.9 Å². The minimum atomic E-state index is -0.103. The van der Waals surface area contributed by atoms with E-state index in [2.05, 4.69) is 15.0 Å². The number of nitrogen functional groups attached to an aromatic ring is 1. The van der Waals surface area contributed by atoms with Crippen molar-refractivity contribution in [3.05, 3.63) is 12.7 Å². The van der Waals surface area contributed by atoms with E-state index in [1.807, 2.05) is 4.57 Å². The van der Waals surface area contributed by atoms with Gasteiger partial charge in [0, 0.05) is 24.7 Å². The largest absolute Gasteiger partial charge is 0.396 e. The van der Waals surface area contributed by atoms with Crippen LogP contribution in [0.5, 0.6) is 0 Å². The topological polar surface area (TPSA) is 110 Å². The molecule has 2 aliphatic carbocycles. The van der Waals surface area contributed by atoms with Crippen LogP contribution >= 0.6 is 0 Å². The molecule has 0 bridgehead atoms. The molecule has 0 spiro atoms. The number of nitrogens with two attached hydrogens (primary N) is 1. The van der Waals surface area contributed by atoms with Crippen molar-refractivity contribution in [1.82, 2.24) is 19.5 Å². The van der Waals surface area contributed by atoms with Gasteiger partial charge in [0.15, 0.2) is 11.5 Å². The lowest BCUT2D eigenvalue weighted by Gasteiger charge is -2.19. The van der Waals surface area contributed by atoms with Gasteiger partial charge in [0.25, 0.3) is 0 Å². The van der Waals surface area contributed by atoms with Crippen molar-refractivity contribution in [1.29, 1.82) is 0 Å². The van der Waals surface area contributed by atoms with Gasteiger partial charge in [0.1, 0.15) is 11.8 Å². The molecule has 20 heavy (non-hydrogen) atoms. The minimum absolute atomic E-state index is 0.103. The molecule has 0 saturated heterocycles. The molecule has 2 heterocycles. The van der Waals surface area contributed by atoms with Gasteiger partial charge >= 0.3 is 0 Å². The number of nitrogens with zero attached hydrogens (tertiary/aromatic N) is 4. The van der Waals surface area contributed by atoms with Gasteiger partial charge in [0.05, 0.1) is 6.33 Å². The summed E-state index contributed by atoms with van der Waals surface area (Å²) in [6.45, 7) is 0.264. The van der Waals surface area contributed by atoms with Gasteiger partial charge in [-0.05, 0) is 24.7 Å². The summed E-state index contributed by atoms with van der Waals surface area (Å²) in [7, 11) is 0. The Kier molecular flexibility index (Phi) is 2.34. The molecule has 2 fully saturated rings. The van der Waals surface area contributed by atoms with E-state index in [1.54, 1.807) is 6.33 Å². The third-order valence-electron chi connectivity index (χ3n) is 5.24. The lowest BCUT2D eigenvalue weighted by Crippen LogP contribution is -2.20. The maximum atomic E-state index is 9.66. The van der Waals surface area contributed by atoms with Crippen LogP contribution in [0, 0.1) is 17.3 Å². The van der Waals surface area contributed by atoms with Crippen LogP contribution in [0.1, 0.15) is 18.9 Å². The van der Waals surface area contributed by atoms with Gasteiger partial charge in [-0.15, -0.1) is 0 Å². The monoisotopic (exact) mass is 275 g/mol. The molecule has 7 nitrogen and oxygen atoms in total. The highest BCUT2D eigenvalue weighted by molar-refractivity contribution is 5.81. The molecule has 0 aromatic carbocycles. The first-order chi connectivity index (χ1) is 9.71. The van der Waals surface area contributed by atoms with E-state index in [9.17, 15) is 10.2 Å². The van der Waals surface area contributed by atoms with E-state index in [1.165, 1.54) is 6.33 Å². The number of hydrogen-bond donors (Lipinski definition) is 3. The SMILES string of the molecule is Nc1ncnc2c1ncn2[C@H]1C[C@H](CO)[C@]2(CO)C[C@H]12. The fourth-order valence-corrected chi connectivity index (χ4v) is 4.02. The van der Waals surface area contributed by atoms with Crippen LogP contribution in [0.2, 0.25) is 0 Å². The van der Waals surface area contributed by atoms with Gasteiger partial charge in [0.2, 0.25) is 0 Å². The summed E-state index contributed by atoms with van der Waals surface area (Å²) in [5.41, 5.74) is 7.07. The molecule has 106 valence electrons. The maximum Gasteiger partial charge on any atom is 0.165 e. The molecular weight excluding hydrogens is 258 g/mol. The number of fused-ring (bicyclic) bond motifs is 2. The van der Waals surface area contributed by atoms with Gasteiger partial charge < -0.3 is 20.5 Å². The quantitative estimate of drug-likeness (QED) is 0.725. The van der Waals surface area contributed by atoms with Crippen molar-refractivity contribution < 1.29 is 10.2 Å². The zero-order valence-electron chi connectivity index (χ0n) is 11.0. The summed E-state index contributed by atoms with van der Waals surface area (Å²) in [4.78, 5) is 12.5. The molecule has 4 rings (SSSR count). The average molecular weight is 275 g/mol. The van der Waals surface area contributed by atoms with Crippen molar-refractivity contribution >= 4 is 17.0 Å². The number of imidazole rings is 1. The summed E-state index contributed by atoms with van der Waals surface area (Å²) in [5.74, 6) is 0.923.